The molecule has 0 saturated heterocycles. The molecular formula is C15H15BrN4. The van der Waals surface area contributed by atoms with Crippen LogP contribution < -0.4 is 5.73 Å². The summed E-state index contributed by atoms with van der Waals surface area (Å²) in [4.78, 5) is 8.85. The average Bonchev–Trinajstić information content (AvgIpc) is 2.73. The van der Waals surface area contributed by atoms with Gasteiger partial charge in [0.2, 0.25) is 5.95 Å². The first-order valence-electron chi connectivity index (χ1n) is 6.42. The second kappa shape index (κ2) is 4.90. The van der Waals surface area contributed by atoms with Gasteiger partial charge in [0.15, 0.2) is 5.65 Å². The van der Waals surface area contributed by atoms with Crippen LogP contribution in [0.5, 0.6) is 0 Å². The number of aryl methyl sites for hydroxylation is 1. The maximum Gasteiger partial charge on any atom is 0.203 e. The van der Waals surface area contributed by atoms with E-state index in [4.69, 9.17) is 5.73 Å². The molecule has 0 radical (unpaired) electrons. The molecule has 2 heterocycles. The molecule has 0 amide bonds. The highest BCUT2D eigenvalue weighted by Crippen LogP contribution is 2.28. The molecular weight excluding hydrogens is 316 g/mol. The number of fused-ring (bicyclic) bond motifs is 1. The summed E-state index contributed by atoms with van der Waals surface area (Å²) in [7, 11) is 0. The summed E-state index contributed by atoms with van der Waals surface area (Å²) in [5, 5.41) is 0. The van der Waals surface area contributed by atoms with Crippen LogP contribution in [0.15, 0.2) is 41.0 Å². The van der Waals surface area contributed by atoms with Crippen LogP contribution in [-0.4, -0.2) is 14.5 Å². The Kier molecular flexibility index (Phi) is 3.22. The Bertz CT molecular complexity index is 779. The van der Waals surface area contributed by atoms with Crippen molar-refractivity contribution in [2.24, 2.45) is 0 Å². The first kappa shape index (κ1) is 13.1. The lowest BCUT2D eigenvalue weighted by atomic mass is 10.0. The highest BCUT2D eigenvalue weighted by molar-refractivity contribution is 9.10. The van der Waals surface area contributed by atoms with Crippen molar-refractivity contribution in [2.45, 2.75) is 19.9 Å². The van der Waals surface area contributed by atoms with Gasteiger partial charge in [0.05, 0.1) is 6.04 Å². The Balaban J connectivity index is 2.19. The predicted octanol–water partition coefficient (Wildman–Crippen LogP) is 3.69. The van der Waals surface area contributed by atoms with Gasteiger partial charge in [0, 0.05) is 10.7 Å². The first-order valence-corrected chi connectivity index (χ1v) is 7.21. The molecule has 0 spiro atoms. The summed E-state index contributed by atoms with van der Waals surface area (Å²) >= 11 is 3.41. The molecule has 1 aromatic carbocycles. The third-order valence-corrected chi connectivity index (χ3v) is 3.98. The van der Waals surface area contributed by atoms with Crippen LogP contribution in [0.4, 0.5) is 5.95 Å². The zero-order valence-corrected chi connectivity index (χ0v) is 12.9. The van der Waals surface area contributed by atoms with Crippen molar-refractivity contribution in [2.75, 3.05) is 5.73 Å². The summed E-state index contributed by atoms with van der Waals surface area (Å²) < 4.78 is 2.88. The van der Waals surface area contributed by atoms with Crippen LogP contribution in [0.2, 0.25) is 0 Å². The molecule has 0 aliphatic heterocycles. The number of pyridine rings is 1. The quantitative estimate of drug-likeness (QED) is 0.779. The molecule has 3 aromatic rings. The summed E-state index contributed by atoms with van der Waals surface area (Å²) in [6, 6.07) is 10.3. The molecule has 0 saturated carbocycles. The lowest BCUT2D eigenvalue weighted by Gasteiger charge is -2.18. The van der Waals surface area contributed by atoms with Gasteiger partial charge in [-0.2, -0.15) is 0 Å². The molecule has 0 aliphatic carbocycles. The number of nitrogens with two attached hydrogens (primary N) is 1. The first-order chi connectivity index (χ1) is 9.58. The van der Waals surface area contributed by atoms with E-state index >= 15 is 0 Å². The number of rotatable bonds is 2. The van der Waals surface area contributed by atoms with Crippen LogP contribution in [0.25, 0.3) is 11.2 Å². The normalized spacial score (nSPS) is 12.8. The van der Waals surface area contributed by atoms with Gasteiger partial charge in [-0.15, -0.1) is 0 Å². The van der Waals surface area contributed by atoms with Crippen LogP contribution in [0.3, 0.4) is 0 Å². The van der Waals surface area contributed by atoms with Crippen molar-refractivity contribution in [3.8, 4) is 0 Å². The van der Waals surface area contributed by atoms with E-state index in [0.29, 0.717) is 5.95 Å². The average molecular weight is 331 g/mol. The van der Waals surface area contributed by atoms with Gasteiger partial charge in [-0.1, -0.05) is 24.3 Å². The fourth-order valence-electron chi connectivity index (χ4n) is 2.55. The maximum atomic E-state index is 6.09. The summed E-state index contributed by atoms with van der Waals surface area (Å²) in [6.45, 7) is 4.22. The van der Waals surface area contributed by atoms with Gasteiger partial charge in [-0.05, 0) is 47.0 Å². The zero-order valence-electron chi connectivity index (χ0n) is 11.3. The molecule has 20 heavy (non-hydrogen) atoms. The number of hydrogen-bond donors (Lipinski definition) is 1. The second-order valence-corrected chi connectivity index (χ2v) is 5.78. The van der Waals surface area contributed by atoms with E-state index in [0.717, 1.165) is 15.6 Å². The van der Waals surface area contributed by atoms with Crippen LogP contribution >= 0.6 is 15.9 Å². The van der Waals surface area contributed by atoms with Gasteiger partial charge in [-0.3, -0.25) is 4.57 Å². The van der Waals surface area contributed by atoms with Crippen LogP contribution in [0.1, 0.15) is 24.1 Å². The smallest absolute Gasteiger partial charge is 0.203 e. The van der Waals surface area contributed by atoms with E-state index in [-0.39, 0.29) is 6.04 Å². The molecule has 102 valence electrons. The Hall–Kier alpha value is -1.88. The van der Waals surface area contributed by atoms with Crippen molar-refractivity contribution in [1.82, 2.24) is 14.5 Å². The van der Waals surface area contributed by atoms with Gasteiger partial charge in [0.1, 0.15) is 5.52 Å². The molecule has 1 unspecified atom stereocenters. The summed E-state index contributed by atoms with van der Waals surface area (Å²) in [5.41, 5.74) is 10.2. The monoisotopic (exact) mass is 330 g/mol. The minimum absolute atomic E-state index is 0.0925. The number of aromatic nitrogens is 3. The Morgan fingerprint density at radius 3 is 2.80 bits per heavy atom. The number of nitrogens with zero attached hydrogens (tertiary/aromatic N) is 3. The largest absolute Gasteiger partial charge is 0.369 e. The Morgan fingerprint density at radius 1 is 1.30 bits per heavy atom. The van der Waals surface area contributed by atoms with Gasteiger partial charge < -0.3 is 5.73 Å². The van der Waals surface area contributed by atoms with Gasteiger partial charge in [-0.25, -0.2) is 9.97 Å². The molecule has 2 N–H and O–H groups in total. The molecule has 3 rings (SSSR count). The van der Waals surface area contributed by atoms with Crippen LogP contribution in [-0.2, 0) is 0 Å². The zero-order chi connectivity index (χ0) is 14.3. The molecule has 4 nitrogen and oxygen atoms in total. The minimum Gasteiger partial charge on any atom is -0.369 e. The number of imidazole rings is 1. The Morgan fingerprint density at radius 2 is 2.05 bits per heavy atom. The predicted molar refractivity (Wildman–Crippen MR) is 84.6 cm³/mol. The van der Waals surface area contributed by atoms with Gasteiger partial charge in [0.25, 0.3) is 0 Å². The summed E-state index contributed by atoms with van der Waals surface area (Å²) in [5.74, 6) is 0.487. The highest BCUT2D eigenvalue weighted by atomic mass is 79.9. The lowest BCUT2D eigenvalue weighted by Crippen LogP contribution is -2.11. The van der Waals surface area contributed by atoms with E-state index < -0.39 is 0 Å². The number of halogens is 1. The minimum atomic E-state index is 0.0925. The second-order valence-electron chi connectivity index (χ2n) is 4.87. The van der Waals surface area contributed by atoms with Crippen molar-refractivity contribution >= 4 is 33.0 Å². The number of anilines is 1. The third kappa shape index (κ3) is 2.08. The maximum absolute atomic E-state index is 6.09. The molecule has 0 fully saturated rings. The van der Waals surface area contributed by atoms with E-state index in [2.05, 4.69) is 51.9 Å². The van der Waals surface area contributed by atoms with E-state index in [1.807, 2.05) is 22.8 Å². The summed E-state index contributed by atoms with van der Waals surface area (Å²) in [6.07, 6.45) is 1.77. The van der Waals surface area contributed by atoms with E-state index in [1.54, 1.807) is 6.20 Å². The third-order valence-electron chi connectivity index (χ3n) is 3.55. The van der Waals surface area contributed by atoms with Crippen molar-refractivity contribution in [1.29, 1.82) is 0 Å². The highest BCUT2D eigenvalue weighted by Gasteiger charge is 2.17. The Labute approximate surface area is 125 Å². The molecule has 0 bridgehead atoms. The van der Waals surface area contributed by atoms with Crippen molar-refractivity contribution in [3.63, 3.8) is 0 Å². The lowest BCUT2D eigenvalue weighted by molar-refractivity contribution is 0.658. The molecule has 5 heteroatoms. The molecule has 2 aromatic heterocycles. The molecule has 1 atom stereocenters. The fourth-order valence-corrected chi connectivity index (χ4v) is 2.87. The van der Waals surface area contributed by atoms with E-state index in [9.17, 15) is 0 Å². The number of hydrogen-bond acceptors (Lipinski definition) is 3. The topological polar surface area (TPSA) is 56.7 Å². The fraction of sp³-hybridized carbons (Fsp3) is 0.200. The number of nitrogen functional groups attached to an aromatic ring is 1. The molecule has 0 aliphatic rings. The number of benzene rings is 1. The van der Waals surface area contributed by atoms with E-state index in [1.165, 1.54) is 11.1 Å². The van der Waals surface area contributed by atoms with Crippen molar-refractivity contribution < 1.29 is 0 Å². The standard InChI is InChI=1S/C15H15BrN4/c1-9-5-3-4-6-12(9)10(2)20-14-13(19-15(20)17)7-11(16)8-18-14/h3-8,10H,1-2H3,(H2,17,19). The van der Waals surface area contributed by atoms with Crippen molar-refractivity contribution in [3.05, 3.63) is 52.1 Å². The SMILES string of the molecule is Cc1ccccc1C(C)n1c(N)nc2cc(Br)cnc21. The van der Waals surface area contributed by atoms with Crippen LogP contribution in [0, 0.1) is 6.92 Å². The van der Waals surface area contributed by atoms with Gasteiger partial charge >= 0.3 is 0 Å².